The largest absolute Gasteiger partial charge is 0.367 e. The normalized spacial score (nSPS) is 22.7. The third-order valence-corrected chi connectivity index (χ3v) is 4.30. The first-order chi connectivity index (χ1) is 9.27. The molecule has 2 heteroatoms. The van der Waals surface area contributed by atoms with Crippen LogP contribution in [0.25, 0.3) is 0 Å². The molecule has 0 spiro atoms. The molecule has 0 aliphatic heterocycles. The van der Waals surface area contributed by atoms with Crippen LogP contribution in [-0.2, 0) is 0 Å². The Morgan fingerprint density at radius 3 is 2.68 bits per heavy atom. The minimum Gasteiger partial charge on any atom is -0.367 e. The average molecular weight is 260 g/mol. The van der Waals surface area contributed by atoms with Crippen molar-refractivity contribution in [3.8, 4) is 0 Å². The first kappa shape index (κ1) is 14.4. The second kappa shape index (κ2) is 6.95. The lowest BCUT2D eigenvalue weighted by atomic mass is 10.1. The minimum atomic E-state index is 0.664. The van der Waals surface area contributed by atoms with Crippen LogP contribution < -0.4 is 10.2 Å². The molecule has 1 aliphatic carbocycles. The van der Waals surface area contributed by atoms with E-state index in [0.29, 0.717) is 12.1 Å². The smallest absolute Gasteiger partial charge is 0.0443 e. The van der Waals surface area contributed by atoms with Crippen molar-refractivity contribution in [2.45, 2.75) is 58.5 Å². The molecule has 0 heterocycles. The molecule has 2 unspecified atom stereocenters. The van der Waals surface area contributed by atoms with E-state index in [9.17, 15) is 0 Å². The van der Waals surface area contributed by atoms with Gasteiger partial charge in [0, 0.05) is 24.3 Å². The van der Waals surface area contributed by atoms with Crippen molar-refractivity contribution < 1.29 is 0 Å². The molecule has 19 heavy (non-hydrogen) atoms. The fraction of sp³-hybridized carbons (Fsp3) is 0.647. The molecule has 2 nitrogen and oxygen atoms in total. The van der Waals surface area contributed by atoms with Crippen LogP contribution in [0.2, 0.25) is 0 Å². The Hall–Kier alpha value is -1.02. The Bertz CT molecular complexity index is 389. The summed E-state index contributed by atoms with van der Waals surface area (Å²) in [5.74, 6) is 0. The number of likely N-dealkylation sites (N-methyl/N-ethyl adjacent to an activating group) is 1. The molecule has 0 radical (unpaired) electrons. The Balaban J connectivity index is 2.14. The van der Waals surface area contributed by atoms with Crippen LogP contribution in [0.15, 0.2) is 24.3 Å². The summed E-state index contributed by atoms with van der Waals surface area (Å²) in [5, 5.41) is 3.74. The molecule has 1 aromatic rings. The summed E-state index contributed by atoms with van der Waals surface area (Å²) < 4.78 is 0. The summed E-state index contributed by atoms with van der Waals surface area (Å²) in [7, 11) is 0. The number of nitrogens with zero attached hydrogens (tertiary/aromatic N) is 1. The van der Waals surface area contributed by atoms with Crippen molar-refractivity contribution in [1.29, 1.82) is 0 Å². The highest BCUT2D eigenvalue weighted by Crippen LogP contribution is 2.30. The van der Waals surface area contributed by atoms with Gasteiger partial charge in [-0.15, -0.1) is 0 Å². The molecular formula is C17H28N2. The van der Waals surface area contributed by atoms with Gasteiger partial charge in [-0.1, -0.05) is 25.1 Å². The van der Waals surface area contributed by atoms with Crippen molar-refractivity contribution in [3.63, 3.8) is 0 Å². The van der Waals surface area contributed by atoms with Gasteiger partial charge in [0.1, 0.15) is 0 Å². The highest BCUT2D eigenvalue weighted by atomic mass is 15.2. The molecule has 1 N–H and O–H groups in total. The molecule has 0 bridgehead atoms. The third-order valence-electron chi connectivity index (χ3n) is 4.30. The number of hydrogen-bond acceptors (Lipinski definition) is 2. The molecule has 1 aromatic carbocycles. The van der Waals surface area contributed by atoms with Gasteiger partial charge in [-0.3, -0.25) is 0 Å². The number of anilines is 1. The third kappa shape index (κ3) is 3.30. The van der Waals surface area contributed by atoms with Crippen molar-refractivity contribution in [1.82, 2.24) is 5.32 Å². The van der Waals surface area contributed by atoms with Crippen molar-refractivity contribution in [2.75, 3.05) is 18.0 Å². The van der Waals surface area contributed by atoms with Crippen LogP contribution in [0.4, 0.5) is 5.69 Å². The molecule has 1 saturated carbocycles. The topological polar surface area (TPSA) is 15.3 Å². The summed E-state index contributed by atoms with van der Waals surface area (Å²) in [4.78, 5) is 2.61. The Labute approximate surface area is 118 Å². The van der Waals surface area contributed by atoms with Crippen LogP contribution in [0, 0.1) is 6.92 Å². The van der Waals surface area contributed by atoms with E-state index >= 15 is 0 Å². The molecular weight excluding hydrogens is 232 g/mol. The molecule has 2 atom stereocenters. The number of benzene rings is 1. The predicted octanol–water partition coefficient (Wildman–Crippen LogP) is 3.74. The Morgan fingerprint density at radius 2 is 2.00 bits per heavy atom. The molecule has 1 fully saturated rings. The Morgan fingerprint density at radius 1 is 1.21 bits per heavy atom. The monoisotopic (exact) mass is 260 g/mol. The van der Waals surface area contributed by atoms with E-state index in [1.807, 2.05) is 0 Å². The number of para-hydroxylation sites is 1. The lowest BCUT2D eigenvalue weighted by Gasteiger charge is -2.35. The SMILES string of the molecule is CCCNC1CCCC1N(CC)c1ccccc1C. The van der Waals surface area contributed by atoms with Crippen LogP contribution in [0.5, 0.6) is 0 Å². The molecule has 106 valence electrons. The summed E-state index contributed by atoms with van der Waals surface area (Å²) in [6, 6.07) is 10.1. The lowest BCUT2D eigenvalue weighted by molar-refractivity contribution is 0.454. The van der Waals surface area contributed by atoms with E-state index in [2.05, 4.69) is 55.3 Å². The molecule has 0 aromatic heterocycles. The Kier molecular flexibility index (Phi) is 5.26. The van der Waals surface area contributed by atoms with Gasteiger partial charge in [-0.25, -0.2) is 0 Å². The second-order valence-electron chi connectivity index (χ2n) is 5.63. The van der Waals surface area contributed by atoms with Gasteiger partial charge in [0.15, 0.2) is 0 Å². The van der Waals surface area contributed by atoms with Gasteiger partial charge in [-0.2, -0.15) is 0 Å². The van der Waals surface area contributed by atoms with Crippen LogP contribution in [0.1, 0.15) is 45.1 Å². The van der Waals surface area contributed by atoms with Crippen LogP contribution in [-0.4, -0.2) is 25.2 Å². The zero-order valence-corrected chi connectivity index (χ0v) is 12.7. The highest BCUT2D eigenvalue weighted by Gasteiger charge is 2.31. The zero-order valence-electron chi connectivity index (χ0n) is 12.7. The predicted molar refractivity (Wildman–Crippen MR) is 83.9 cm³/mol. The fourth-order valence-electron chi connectivity index (χ4n) is 3.35. The standard InChI is InChI=1S/C17H28N2/c1-4-13-18-15-10-8-12-17(15)19(5-2)16-11-7-6-9-14(16)3/h6-7,9,11,15,17-18H,4-5,8,10,12-13H2,1-3H3. The molecule has 0 saturated heterocycles. The van der Waals surface area contributed by atoms with E-state index in [-0.39, 0.29) is 0 Å². The molecule has 0 amide bonds. The van der Waals surface area contributed by atoms with Gasteiger partial charge < -0.3 is 10.2 Å². The summed E-state index contributed by atoms with van der Waals surface area (Å²) in [6.45, 7) is 8.99. The van der Waals surface area contributed by atoms with Gasteiger partial charge in [0.05, 0.1) is 0 Å². The van der Waals surface area contributed by atoms with Gasteiger partial charge in [-0.05, 0) is 57.7 Å². The second-order valence-corrected chi connectivity index (χ2v) is 5.63. The lowest BCUT2D eigenvalue weighted by Crippen LogP contribution is -2.47. The van der Waals surface area contributed by atoms with Crippen LogP contribution in [0.3, 0.4) is 0 Å². The quantitative estimate of drug-likeness (QED) is 0.838. The maximum atomic E-state index is 3.74. The van der Waals surface area contributed by atoms with Gasteiger partial charge in [0.2, 0.25) is 0 Å². The van der Waals surface area contributed by atoms with E-state index in [1.165, 1.54) is 36.9 Å². The summed E-state index contributed by atoms with van der Waals surface area (Å²) >= 11 is 0. The average Bonchev–Trinajstić information content (AvgIpc) is 2.88. The van der Waals surface area contributed by atoms with E-state index in [4.69, 9.17) is 0 Å². The number of hydrogen-bond donors (Lipinski definition) is 1. The zero-order chi connectivity index (χ0) is 13.7. The van der Waals surface area contributed by atoms with Crippen molar-refractivity contribution >= 4 is 5.69 Å². The van der Waals surface area contributed by atoms with E-state index in [0.717, 1.165) is 13.1 Å². The summed E-state index contributed by atoms with van der Waals surface area (Å²) in [5.41, 5.74) is 2.81. The first-order valence-corrected chi connectivity index (χ1v) is 7.83. The van der Waals surface area contributed by atoms with Gasteiger partial charge >= 0.3 is 0 Å². The summed E-state index contributed by atoms with van der Waals surface area (Å²) in [6.07, 6.45) is 5.23. The van der Waals surface area contributed by atoms with Crippen molar-refractivity contribution in [2.24, 2.45) is 0 Å². The van der Waals surface area contributed by atoms with Gasteiger partial charge in [0.25, 0.3) is 0 Å². The first-order valence-electron chi connectivity index (χ1n) is 7.83. The maximum Gasteiger partial charge on any atom is 0.0443 e. The molecule has 1 aliphatic rings. The number of rotatable bonds is 6. The minimum absolute atomic E-state index is 0.664. The fourth-order valence-corrected chi connectivity index (χ4v) is 3.35. The van der Waals surface area contributed by atoms with Crippen molar-refractivity contribution in [3.05, 3.63) is 29.8 Å². The molecule has 2 rings (SSSR count). The number of nitrogens with one attached hydrogen (secondary N) is 1. The number of aryl methyl sites for hydroxylation is 1. The highest BCUT2D eigenvalue weighted by molar-refractivity contribution is 5.54. The van der Waals surface area contributed by atoms with E-state index in [1.54, 1.807) is 0 Å². The van der Waals surface area contributed by atoms with Crippen LogP contribution >= 0.6 is 0 Å². The maximum absolute atomic E-state index is 3.74. The van der Waals surface area contributed by atoms with E-state index < -0.39 is 0 Å².